The normalized spacial score (nSPS) is 19.6. The van der Waals surface area contributed by atoms with E-state index in [4.69, 9.17) is 9.47 Å². The SMILES string of the molecule is COc1ccc(CN2C(=O)[C@H](F)C[C@H]2C(=O)/C(=C/N(C)C)C(=O)OC(C)(C)C)cc1. The molecule has 1 aromatic carbocycles. The fourth-order valence-corrected chi connectivity index (χ4v) is 3.11. The number of esters is 1. The van der Waals surface area contributed by atoms with Gasteiger partial charge in [0, 0.05) is 33.3 Å². The summed E-state index contributed by atoms with van der Waals surface area (Å²) in [5.74, 6) is -1.57. The predicted molar refractivity (Wildman–Crippen MR) is 109 cm³/mol. The first-order valence-electron chi connectivity index (χ1n) is 9.66. The molecule has 1 fully saturated rings. The molecule has 0 radical (unpaired) electrons. The van der Waals surface area contributed by atoms with Crippen LogP contribution in [0.15, 0.2) is 36.0 Å². The van der Waals surface area contributed by atoms with Gasteiger partial charge < -0.3 is 19.3 Å². The summed E-state index contributed by atoms with van der Waals surface area (Å²) in [5.41, 5.74) is -0.312. The standard InChI is InChI=1S/C22H29FN2O5/c1-22(2,3)30-21(28)16(13-24(4)5)19(26)18-11-17(23)20(27)25(18)12-14-7-9-15(29-6)10-8-14/h7-10,13,17-18H,11-12H2,1-6H3/b16-13-/t17-,18+/m1/s1. The second-order valence-electron chi connectivity index (χ2n) is 8.41. The van der Waals surface area contributed by atoms with E-state index >= 15 is 0 Å². The molecule has 0 saturated carbocycles. The summed E-state index contributed by atoms with van der Waals surface area (Å²) in [6, 6.07) is 5.83. The minimum absolute atomic E-state index is 0.0449. The number of benzene rings is 1. The average Bonchev–Trinajstić information content (AvgIpc) is 2.93. The Balaban J connectivity index is 2.32. The largest absolute Gasteiger partial charge is 0.497 e. The van der Waals surface area contributed by atoms with Gasteiger partial charge in [0.1, 0.15) is 16.9 Å². The molecular formula is C22H29FN2O5. The molecule has 0 N–H and O–H groups in total. The van der Waals surface area contributed by atoms with Crippen molar-refractivity contribution in [3.63, 3.8) is 0 Å². The fourth-order valence-electron chi connectivity index (χ4n) is 3.11. The smallest absolute Gasteiger partial charge is 0.343 e. The summed E-state index contributed by atoms with van der Waals surface area (Å²) in [6.07, 6.45) is -0.754. The molecule has 0 unspecified atom stereocenters. The third-order valence-corrected chi connectivity index (χ3v) is 4.44. The van der Waals surface area contributed by atoms with E-state index in [0.29, 0.717) is 11.3 Å². The van der Waals surface area contributed by atoms with Crippen molar-refractivity contribution in [3.8, 4) is 5.75 Å². The number of Topliss-reactive ketones (excluding diaryl/α,β-unsaturated/α-hetero) is 1. The Morgan fingerprint density at radius 1 is 1.23 bits per heavy atom. The molecule has 164 valence electrons. The van der Waals surface area contributed by atoms with Crippen molar-refractivity contribution >= 4 is 17.7 Å². The summed E-state index contributed by atoms with van der Waals surface area (Å²) in [7, 11) is 4.85. The van der Waals surface area contributed by atoms with E-state index in [1.54, 1.807) is 59.1 Å². The fraction of sp³-hybridized carbons (Fsp3) is 0.500. The molecule has 30 heavy (non-hydrogen) atoms. The van der Waals surface area contributed by atoms with Gasteiger partial charge in [0.15, 0.2) is 12.0 Å². The Labute approximate surface area is 176 Å². The lowest BCUT2D eigenvalue weighted by Crippen LogP contribution is -2.41. The average molecular weight is 420 g/mol. The molecule has 1 amide bonds. The number of hydrogen-bond donors (Lipinski definition) is 0. The van der Waals surface area contributed by atoms with Crippen molar-refractivity contribution < 1.29 is 28.2 Å². The number of ketones is 1. The van der Waals surface area contributed by atoms with Crippen molar-refractivity contribution in [1.82, 2.24) is 9.80 Å². The van der Waals surface area contributed by atoms with E-state index in [1.807, 2.05) is 0 Å². The van der Waals surface area contributed by atoms with Gasteiger partial charge in [-0.1, -0.05) is 12.1 Å². The first-order valence-corrected chi connectivity index (χ1v) is 9.66. The summed E-state index contributed by atoms with van der Waals surface area (Å²) in [5, 5.41) is 0. The maximum absolute atomic E-state index is 14.3. The van der Waals surface area contributed by atoms with Crippen LogP contribution in [0.2, 0.25) is 0 Å². The first-order chi connectivity index (χ1) is 13.9. The Kier molecular flexibility index (Phi) is 7.23. The predicted octanol–water partition coefficient (Wildman–Crippen LogP) is 2.49. The molecule has 0 aromatic heterocycles. The molecule has 2 atom stereocenters. The minimum atomic E-state index is -1.79. The van der Waals surface area contributed by atoms with E-state index in [9.17, 15) is 18.8 Å². The van der Waals surface area contributed by atoms with Crippen LogP contribution >= 0.6 is 0 Å². The van der Waals surface area contributed by atoms with Crippen LogP contribution in [-0.2, 0) is 25.7 Å². The Morgan fingerprint density at radius 3 is 2.33 bits per heavy atom. The second-order valence-corrected chi connectivity index (χ2v) is 8.41. The van der Waals surface area contributed by atoms with Crippen LogP contribution < -0.4 is 4.74 Å². The highest BCUT2D eigenvalue weighted by Gasteiger charge is 2.45. The molecule has 0 aliphatic carbocycles. The van der Waals surface area contributed by atoms with Crippen molar-refractivity contribution in [2.24, 2.45) is 0 Å². The van der Waals surface area contributed by atoms with Gasteiger partial charge in [-0.3, -0.25) is 9.59 Å². The van der Waals surface area contributed by atoms with Gasteiger partial charge in [0.05, 0.1) is 13.2 Å². The molecule has 0 bridgehead atoms. The van der Waals surface area contributed by atoms with E-state index in [1.165, 1.54) is 23.1 Å². The van der Waals surface area contributed by atoms with Gasteiger partial charge >= 0.3 is 5.97 Å². The summed E-state index contributed by atoms with van der Waals surface area (Å²) >= 11 is 0. The topological polar surface area (TPSA) is 76.2 Å². The lowest BCUT2D eigenvalue weighted by molar-refractivity contribution is -0.151. The number of methoxy groups -OCH3 is 1. The number of nitrogens with zero attached hydrogens (tertiary/aromatic N) is 2. The number of carbonyl (C=O) groups is 3. The van der Waals surface area contributed by atoms with Crippen LogP contribution in [0.3, 0.4) is 0 Å². The van der Waals surface area contributed by atoms with E-state index in [2.05, 4.69) is 0 Å². The van der Waals surface area contributed by atoms with Gasteiger partial charge in [0.25, 0.3) is 5.91 Å². The van der Waals surface area contributed by atoms with Gasteiger partial charge in [-0.2, -0.15) is 0 Å². The Morgan fingerprint density at radius 2 is 1.83 bits per heavy atom. The van der Waals surface area contributed by atoms with Gasteiger partial charge in [-0.05, 0) is 38.5 Å². The highest BCUT2D eigenvalue weighted by atomic mass is 19.1. The molecule has 1 aliphatic rings. The molecule has 1 aliphatic heterocycles. The number of likely N-dealkylation sites (tertiary alicyclic amines) is 1. The van der Waals surface area contributed by atoms with Crippen LogP contribution in [-0.4, -0.2) is 66.5 Å². The summed E-state index contributed by atoms with van der Waals surface area (Å²) in [6.45, 7) is 5.11. The lowest BCUT2D eigenvalue weighted by atomic mass is 10.0. The highest BCUT2D eigenvalue weighted by Crippen LogP contribution is 2.28. The molecule has 1 heterocycles. The number of amides is 1. The van der Waals surface area contributed by atoms with E-state index in [0.717, 1.165) is 0 Å². The third kappa shape index (κ3) is 5.81. The molecule has 1 aromatic rings. The van der Waals surface area contributed by atoms with Crippen LogP contribution in [0, 0.1) is 0 Å². The molecule has 8 heteroatoms. The van der Waals surface area contributed by atoms with Gasteiger partial charge in [0.2, 0.25) is 0 Å². The number of carbonyl (C=O) groups excluding carboxylic acids is 3. The summed E-state index contributed by atoms with van der Waals surface area (Å²) < 4.78 is 24.7. The van der Waals surface area contributed by atoms with Gasteiger partial charge in [-0.25, -0.2) is 9.18 Å². The maximum Gasteiger partial charge on any atom is 0.343 e. The molecule has 0 spiro atoms. The van der Waals surface area contributed by atoms with E-state index < -0.39 is 35.5 Å². The highest BCUT2D eigenvalue weighted by molar-refractivity contribution is 6.20. The molecule has 1 saturated heterocycles. The molecular weight excluding hydrogens is 391 g/mol. The maximum atomic E-state index is 14.3. The monoisotopic (exact) mass is 420 g/mol. The second kappa shape index (κ2) is 9.28. The minimum Gasteiger partial charge on any atom is -0.497 e. The number of alkyl halides is 1. The lowest BCUT2D eigenvalue weighted by Gasteiger charge is -2.26. The third-order valence-electron chi connectivity index (χ3n) is 4.44. The number of halogens is 1. The quantitative estimate of drug-likeness (QED) is 0.292. The van der Waals surface area contributed by atoms with Crippen LogP contribution in [0.5, 0.6) is 5.75 Å². The Bertz CT molecular complexity index is 827. The van der Waals surface area contributed by atoms with Crippen LogP contribution in [0.4, 0.5) is 4.39 Å². The van der Waals surface area contributed by atoms with Crippen molar-refractivity contribution in [3.05, 3.63) is 41.6 Å². The Hall–Kier alpha value is -2.90. The zero-order chi connectivity index (χ0) is 22.6. The zero-order valence-electron chi connectivity index (χ0n) is 18.3. The van der Waals surface area contributed by atoms with Gasteiger partial charge in [-0.15, -0.1) is 0 Å². The zero-order valence-corrected chi connectivity index (χ0v) is 18.3. The van der Waals surface area contributed by atoms with Crippen molar-refractivity contribution in [1.29, 1.82) is 0 Å². The van der Waals surface area contributed by atoms with Crippen LogP contribution in [0.1, 0.15) is 32.8 Å². The molecule has 7 nitrogen and oxygen atoms in total. The first kappa shape index (κ1) is 23.4. The van der Waals surface area contributed by atoms with Crippen molar-refractivity contribution in [2.45, 2.75) is 51.6 Å². The number of hydrogen-bond acceptors (Lipinski definition) is 6. The van der Waals surface area contributed by atoms with Crippen molar-refractivity contribution in [2.75, 3.05) is 21.2 Å². The summed E-state index contributed by atoms with van der Waals surface area (Å²) in [4.78, 5) is 41.0. The van der Waals surface area contributed by atoms with Crippen LogP contribution in [0.25, 0.3) is 0 Å². The van der Waals surface area contributed by atoms with E-state index in [-0.39, 0.29) is 18.5 Å². The number of ether oxygens (including phenoxy) is 2. The molecule has 2 rings (SSSR count). The number of rotatable bonds is 7.